The SMILES string of the molecule is Cc1nc(-c2ccc(C(F)(F)F)cc2)sc1C(=O)Nc1ccc(-n2cncn2)nc1. The van der Waals surface area contributed by atoms with Crippen LogP contribution in [-0.4, -0.2) is 30.6 Å². The summed E-state index contributed by atoms with van der Waals surface area (Å²) < 4.78 is 39.7. The number of pyridine rings is 1. The number of thiazole rings is 1. The first-order valence-electron chi connectivity index (χ1n) is 8.59. The number of carbonyl (C=O) groups is 1. The second-order valence-electron chi connectivity index (χ2n) is 6.21. The van der Waals surface area contributed by atoms with Crippen molar-refractivity contribution in [1.29, 1.82) is 0 Å². The number of rotatable bonds is 4. The Morgan fingerprint density at radius 3 is 2.50 bits per heavy atom. The Morgan fingerprint density at radius 1 is 1.13 bits per heavy atom. The summed E-state index contributed by atoms with van der Waals surface area (Å²) in [7, 11) is 0. The van der Waals surface area contributed by atoms with Gasteiger partial charge in [0.25, 0.3) is 5.91 Å². The van der Waals surface area contributed by atoms with Crippen molar-refractivity contribution in [3.63, 3.8) is 0 Å². The van der Waals surface area contributed by atoms with Gasteiger partial charge in [0.15, 0.2) is 5.82 Å². The van der Waals surface area contributed by atoms with Crippen molar-refractivity contribution in [3.05, 3.63) is 71.4 Å². The summed E-state index contributed by atoms with van der Waals surface area (Å²) >= 11 is 1.11. The molecule has 1 N–H and O–H groups in total. The lowest BCUT2D eigenvalue weighted by Crippen LogP contribution is -2.12. The number of benzene rings is 1. The number of alkyl halides is 3. The largest absolute Gasteiger partial charge is 0.416 e. The van der Waals surface area contributed by atoms with Gasteiger partial charge in [0.2, 0.25) is 0 Å². The van der Waals surface area contributed by atoms with Crippen LogP contribution in [-0.2, 0) is 6.18 Å². The van der Waals surface area contributed by atoms with Gasteiger partial charge in [-0.2, -0.15) is 18.3 Å². The molecule has 0 unspecified atom stereocenters. The van der Waals surface area contributed by atoms with Gasteiger partial charge in [-0.05, 0) is 31.2 Å². The number of amides is 1. The molecule has 1 aromatic carbocycles. The van der Waals surface area contributed by atoms with Crippen LogP contribution in [0.1, 0.15) is 20.9 Å². The maximum Gasteiger partial charge on any atom is 0.416 e. The molecule has 0 aliphatic heterocycles. The molecular weight excluding hydrogens is 417 g/mol. The van der Waals surface area contributed by atoms with Crippen molar-refractivity contribution in [3.8, 4) is 16.4 Å². The molecule has 0 aliphatic rings. The molecule has 0 fully saturated rings. The van der Waals surface area contributed by atoms with Crippen molar-refractivity contribution in [2.45, 2.75) is 13.1 Å². The fourth-order valence-electron chi connectivity index (χ4n) is 2.64. The first-order chi connectivity index (χ1) is 14.3. The molecule has 0 radical (unpaired) electrons. The molecule has 152 valence electrons. The summed E-state index contributed by atoms with van der Waals surface area (Å²) in [5.74, 6) is 0.169. The van der Waals surface area contributed by atoms with Crippen LogP contribution in [0.4, 0.5) is 18.9 Å². The van der Waals surface area contributed by atoms with E-state index in [0.717, 1.165) is 23.5 Å². The number of hydrogen-bond acceptors (Lipinski definition) is 6. The monoisotopic (exact) mass is 430 g/mol. The molecule has 30 heavy (non-hydrogen) atoms. The lowest BCUT2D eigenvalue weighted by molar-refractivity contribution is -0.137. The summed E-state index contributed by atoms with van der Waals surface area (Å²) in [6.07, 6.45) is -0.0236. The van der Waals surface area contributed by atoms with Crippen LogP contribution in [0.3, 0.4) is 0 Å². The van der Waals surface area contributed by atoms with E-state index >= 15 is 0 Å². The molecule has 0 saturated carbocycles. The van der Waals surface area contributed by atoms with Crippen LogP contribution < -0.4 is 5.32 Å². The highest BCUT2D eigenvalue weighted by Gasteiger charge is 2.30. The first kappa shape index (κ1) is 19.7. The minimum absolute atomic E-state index is 0.366. The van der Waals surface area contributed by atoms with Crippen molar-refractivity contribution < 1.29 is 18.0 Å². The molecule has 7 nitrogen and oxygen atoms in total. The second kappa shape index (κ2) is 7.67. The van der Waals surface area contributed by atoms with Crippen molar-refractivity contribution >= 4 is 22.9 Å². The van der Waals surface area contributed by atoms with E-state index in [2.05, 4.69) is 25.4 Å². The highest BCUT2D eigenvalue weighted by Crippen LogP contribution is 2.33. The molecule has 11 heteroatoms. The van der Waals surface area contributed by atoms with Crippen LogP contribution in [0.15, 0.2) is 55.2 Å². The standard InChI is InChI=1S/C19H13F3N6OS/c1-11-16(30-18(26-11)12-2-4-13(5-3-12)19(20,21)22)17(29)27-14-6-7-15(24-8-14)28-10-23-9-25-28/h2-10H,1H3,(H,27,29). The fraction of sp³-hybridized carbons (Fsp3) is 0.105. The quantitative estimate of drug-likeness (QED) is 0.520. The number of anilines is 1. The lowest BCUT2D eigenvalue weighted by Gasteiger charge is -2.06. The van der Waals surface area contributed by atoms with E-state index < -0.39 is 11.7 Å². The van der Waals surface area contributed by atoms with E-state index in [-0.39, 0.29) is 5.91 Å². The zero-order valence-corrected chi connectivity index (χ0v) is 16.2. The number of hydrogen-bond donors (Lipinski definition) is 1. The molecule has 0 spiro atoms. The van der Waals surface area contributed by atoms with E-state index in [1.165, 1.54) is 35.7 Å². The maximum absolute atomic E-state index is 12.7. The molecule has 0 bridgehead atoms. The minimum Gasteiger partial charge on any atom is -0.320 e. The van der Waals surface area contributed by atoms with Crippen LogP contribution in [0.25, 0.3) is 16.4 Å². The summed E-state index contributed by atoms with van der Waals surface area (Å²) in [5.41, 5.74) is 0.737. The van der Waals surface area contributed by atoms with Gasteiger partial charge in [-0.1, -0.05) is 12.1 Å². The lowest BCUT2D eigenvalue weighted by atomic mass is 10.1. The molecule has 3 aromatic heterocycles. The third-order valence-corrected chi connectivity index (χ3v) is 5.33. The molecule has 4 aromatic rings. The first-order valence-corrected chi connectivity index (χ1v) is 9.40. The van der Waals surface area contributed by atoms with Gasteiger partial charge in [0, 0.05) is 5.56 Å². The molecular formula is C19H13F3N6OS. The predicted molar refractivity (Wildman–Crippen MR) is 104 cm³/mol. The number of halogens is 3. The molecule has 1 amide bonds. The highest BCUT2D eigenvalue weighted by atomic mass is 32.1. The smallest absolute Gasteiger partial charge is 0.320 e. The van der Waals surface area contributed by atoms with Gasteiger partial charge >= 0.3 is 6.18 Å². The zero-order valence-electron chi connectivity index (χ0n) is 15.4. The molecule has 0 aliphatic carbocycles. The third kappa shape index (κ3) is 4.06. The van der Waals surface area contributed by atoms with E-state index in [1.54, 1.807) is 19.1 Å². The minimum atomic E-state index is -4.40. The summed E-state index contributed by atoms with van der Waals surface area (Å²) in [5, 5.41) is 7.18. The molecule has 0 atom stereocenters. The molecule has 0 saturated heterocycles. The van der Waals surface area contributed by atoms with Gasteiger partial charge in [-0.15, -0.1) is 11.3 Å². The number of nitrogens with one attached hydrogen (secondary N) is 1. The van der Waals surface area contributed by atoms with Gasteiger partial charge in [0.05, 0.1) is 23.1 Å². The van der Waals surface area contributed by atoms with E-state index in [1.807, 2.05) is 0 Å². The van der Waals surface area contributed by atoms with E-state index in [9.17, 15) is 18.0 Å². The number of aromatic nitrogens is 5. The van der Waals surface area contributed by atoms with Gasteiger partial charge < -0.3 is 5.32 Å². The van der Waals surface area contributed by atoms with Crippen LogP contribution in [0.2, 0.25) is 0 Å². The average molecular weight is 430 g/mol. The Morgan fingerprint density at radius 2 is 1.90 bits per heavy atom. The molecule has 3 heterocycles. The maximum atomic E-state index is 12.7. The van der Waals surface area contributed by atoms with Crippen molar-refractivity contribution in [2.75, 3.05) is 5.32 Å². The number of carbonyl (C=O) groups excluding carboxylic acids is 1. The third-order valence-electron chi connectivity index (χ3n) is 4.12. The summed E-state index contributed by atoms with van der Waals surface area (Å²) in [6.45, 7) is 1.67. The average Bonchev–Trinajstić information content (AvgIpc) is 3.38. The normalized spacial score (nSPS) is 11.5. The van der Waals surface area contributed by atoms with Crippen LogP contribution in [0, 0.1) is 6.92 Å². The Hall–Kier alpha value is -3.60. The molecule has 4 rings (SSSR count). The predicted octanol–water partition coefficient (Wildman–Crippen LogP) is 4.37. The van der Waals surface area contributed by atoms with Gasteiger partial charge in [-0.25, -0.2) is 19.6 Å². The van der Waals surface area contributed by atoms with Gasteiger partial charge in [-0.3, -0.25) is 4.79 Å². The number of aryl methyl sites for hydroxylation is 1. The van der Waals surface area contributed by atoms with Crippen LogP contribution >= 0.6 is 11.3 Å². The zero-order chi connectivity index (χ0) is 21.3. The summed E-state index contributed by atoms with van der Waals surface area (Å²) in [6, 6.07) is 8.03. The van der Waals surface area contributed by atoms with Gasteiger partial charge in [0.1, 0.15) is 22.5 Å². The van der Waals surface area contributed by atoms with E-state index in [0.29, 0.717) is 32.6 Å². The second-order valence-corrected chi connectivity index (χ2v) is 7.21. The van der Waals surface area contributed by atoms with E-state index in [4.69, 9.17) is 0 Å². The Kier molecular flexibility index (Phi) is 5.04. The van der Waals surface area contributed by atoms with Crippen molar-refractivity contribution in [2.24, 2.45) is 0 Å². The fourth-order valence-corrected chi connectivity index (χ4v) is 3.61. The van der Waals surface area contributed by atoms with Crippen molar-refractivity contribution in [1.82, 2.24) is 24.7 Å². The highest BCUT2D eigenvalue weighted by molar-refractivity contribution is 7.17. The Labute approximate surface area is 172 Å². The van der Waals surface area contributed by atoms with Crippen LogP contribution in [0.5, 0.6) is 0 Å². The topological polar surface area (TPSA) is 85.6 Å². The Balaban J connectivity index is 1.51. The number of nitrogens with zero attached hydrogens (tertiary/aromatic N) is 5. The summed E-state index contributed by atoms with van der Waals surface area (Å²) in [4.78, 5) is 25.4. The Bertz CT molecular complexity index is 1170.